The van der Waals surface area contributed by atoms with Gasteiger partial charge in [0.15, 0.2) is 11.2 Å². The third-order valence-electron chi connectivity index (χ3n) is 17.7. The van der Waals surface area contributed by atoms with Crippen molar-refractivity contribution in [1.82, 2.24) is 34.9 Å². The smallest absolute Gasteiger partial charge is 0.227 e. The van der Waals surface area contributed by atoms with Gasteiger partial charge in [-0.2, -0.15) is 0 Å². The summed E-state index contributed by atoms with van der Waals surface area (Å²) in [5.74, 6) is 0. The fraction of sp³-hybridized carbons (Fsp3) is 0.0568. The molecule has 100 heavy (non-hydrogen) atoms. The Morgan fingerprint density at radius 3 is 1.13 bits per heavy atom. The molecule has 20 aromatic rings. The van der Waals surface area contributed by atoms with Crippen LogP contribution in [-0.4, -0.2) is 34.9 Å². The predicted octanol–water partition coefficient (Wildman–Crippen LogP) is 23.6. The summed E-state index contributed by atoms with van der Waals surface area (Å²) in [7, 11) is 0. The van der Waals surface area contributed by atoms with E-state index in [1.54, 1.807) is 12.4 Å². The van der Waals surface area contributed by atoms with Crippen LogP contribution < -0.4 is 0 Å². The fourth-order valence-electron chi connectivity index (χ4n) is 12.9. The van der Waals surface area contributed by atoms with E-state index in [4.69, 9.17) is 22.1 Å². The molecule has 0 aliphatic heterocycles. The quantitative estimate of drug-likeness (QED) is 0.161. The zero-order chi connectivity index (χ0) is 67.6. The molecule has 0 fully saturated rings. The lowest BCUT2D eigenvalue weighted by Crippen LogP contribution is -1.84. The zero-order valence-corrected chi connectivity index (χ0v) is 55.4. The molecule has 0 aliphatic rings. The van der Waals surface area contributed by atoms with E-state index in [-0.39, 0.29) is 0 Å². The second-order valence-corrected chi connectivity index (χ2v) is 24.8. The molecule has 12 heterocycles. The standard InChI is InChI=1S/3C18H13NO.2C17H12N2O/c1-12-5-4-6-13(11-12)17-18-15(9-10-19-17)14-7-2-3-8-16(14)20-18;1-12-9-10-19-16(11-12)15-7-4-6-14-13-5-2-3-8-17(13)20-18(14)15;1-12-8-9-19-16(10-12)13-6-7-15-14-4-2-3-5-17(14)20-18(15)11-13;1-11-7-9-18-15(10-11)14-5-2-4-12-13-6-3-8-19-17(13)20-16(12)14;1-11-4-2-5-12(10-11)15-16-13(7-9-18-15)14-6-3-8-19-17(14)20-16/h3*2-11H,1H3;2*2-10H,1H3. The van der Waals surface area contributed by atoms with Crippen molar-refractivity contribution in [2.24, 2.45) is 0 Å². The summed E-state index contributed by atoms with van der Waals surface area (Å²) in [6.45, 7) is 10.4. The molecular weight excluding hydrogens is 1240 g/mol. The summed E-state index contributed by atoms with van der Waals surface area (Å²) in [4.78, 5) is 30.9. The lowest BCUT2D eigenvalue weighted by atomic mass is 10.1. The van der Waals surface area contributed by atoms with Gasteiger partial charge in [-0.3, -0.25) is 24.9 Å². The van der Waals surface area contributed by atoms with E-state index in [2.05, 4.69) is 185 Å². The number of hydrogen-bond acceptors (Lipinski definition) is 12. The maximum atomic E-state index is 6.04. The Morgan fingerprint density at radius 2 is 0.590 bits per heavy atom. The van der Waals surface area contributed by atoms with Crippen molar-refractivity contribution >= 4 is 110 Å². The molecule has 0 saturated carbocycles. The van der Waals surface area contributed by atoms with Crippen LogP contribution in [0.15, 0.2) is 314 Å². The van der Waals surface area contributed by atoms with E-state index in [1.807, 2.05) is 164 Å². The number of fused-ring (bicyclic) bond motifs is 15. The minimum atomic E-state index is 0.657. The molecule has 0 bridgehead atoms. The minimum Gasteiger partial charge on any atom is -0.456 e. The minimum absolute atomic E-state index is 0.657. The number of furan rings is 5. The van der Waals surface area contributed by atoms with Gasteiger partial charge in [-0.05, 0) is 179 Å². The number of rotatable bonds is 5. The van der Waals surface area contributed by atoms with Crippen molar-refractivity contribution in [2.75, 3.05) is 0 Å². The van der Waals surface area contributed by atoms with Crippen molar-refractivity contribution in [2.45, 2.75) is 34.6 Å². The lowest BCUT2D eigenvalue weighted by molar-refractivity contribution is 0.653. The summed E-state index contributed by atoms with van der Waals surface area (Å²) >= 11 is 0. The average molecular weight is 1300 g/mol. The monoisotopic (exact) mass is 1300 g/mol. The van der Waals surface area contributed by atoms with E-state index >= 15 is 0 Å². The number of aromatic nitrogens is 7. The molecule has 0 unspecified atom stereocenters. The zero-order valence-electron chi connectivity index (χ0n) is 55.4. The summed E-state index contributed by atoms with van der Waals surface area (Å²) in [6.07, 6.45) is 12.7. The van der Waals surface area contributed by atoms with Gasteiger partial charge in [-0.15, -0.1) is 0 Å². The molecule has 0 amide bonds. The first-order chi connectivity index (χ1) is 49.1. The summed E-state index contributed by atoms with van der Waals surface area (Å²) < 4.78 is 29.8. The number of pyridine rings is 7. The van der Waals surface area contributed by atoms with Crippen molar-refractivity contribution < 1.29 is 22.1 Å². The van der Waals surface area contributed by atoms with E-state index in [1.165, 1.54) is 27.8 Å². The first-order valence-electron chi connectivity index (χ1n) is 33.0. The second kappa shape index (κ2) is 26.8. The number of para-hydroxylation sites is 5. The molecule has 0 aliphatic carbocycles. The van der Waals surface area contributed by atoms with E-state index in [9.17, 15) is 0 Å². The molecule has 8 aromatic carbocycles. The van der Waals surface area contributed by atoms with E-state index in [0.717, 1.165) is 155 Å². The Kier molecular flexibility index (Phi) is 16.5. The highest BCUT2D eigenvalue weighted by Gasteiger charge is 2.18. The molecule has 0 radical (unpaired) electrons. The molecule has 0 saturated heterocycles. The second-order valence-electron chi connectivity index (χ2n) is 24.8. The highest BCUT2D eigenvalue weighted by atomic mass is 16.4. The molecule has 12 nitrogen and oxygen atoms in total. The summed E-state index contributed by atoms with van der Waals surface area (Å²) in [6, 6.07) is 83.7. The van der Waals surface area contributed by atoms with Crippen LogP contribution in [0.1, 0.15) is 27.8 Å². The highest BCUT2D eigenvalue weighted by Crippen LogP contribution is 2.39. The Hall–Kier alpha value is -13.2. The molecule has 0 N–H and O–H groups in total. The SMILES string of the molecule is Cc1cccc(-c2nccc3c2oc2ccccc23)c1.Cc1cccc(-c2nccc3c2oc2ncccc23)c1.Cc1ccnc(-c2ccc3c(c2)oc2ccccc23)c1.Cc1ccnc(-c2cccc3c2oc2ccccc23)c1.Cc1ccnc(-c2cccc3c2oc2ncccc23)c1. The molecule has 12 heteroatoms. The number of nitrogens with zero attached hydrogens (tertiary/aromatic N) is 7. The molecule has 0 atom stereocenters. The summed E-state index contributed by atoms with van der Waals surface area (Å²) in [5, 5.41) is 11.1. The van der Waals surface area contributed by atoms with Gasteiger partial charge in [-0.1, -0.05) is 132 Å². The van der Waals surface area contributed by atoms with Crippen LogP contribution in [0, 0.1) is 34.6 Å². The van der Waals surface area contributed by atoms with Gasteiger partial charge >= 0.3 is 0 Å². The van der Waals surface area contributed by atoms with E-state index in [0.29, 0.717) is 11.4 Å². The molecule has 20 rings (SSSR count). The Labute approximate surface area is 574 Å². The number of hydrogen-bond donors (Lipinski definition) is 0. The molecular formula is C88H63N7O5. The molecule has 0 spiro atoms. The van der Waals surface area contributed by atoms with Gasteiger partial charge in [0.1, 0.15) is 44.9 Å². The van der Waals surface area contributed by atoms with Gasteiger partial charge in [0.2, 0.25) is 11.4 Å². The molecule has 480 valence electrons. The maximum Gasteiger partial charge on any atom is 0.227 e. The average Bonchev–Trinajstić information content (AvgIpc) is 1.63. The normalized spacial score (nSPS) is 11.2. The topological polar surface area (TPSA) is 156 Å². The third kappa shape index (κ3) is 12.2. The van der Waals surface area contributed by atoms with Crippen LogP contribution >= 0.6 is 0 Å². The largest absolute Gasteiger partial charge is 0.456 e. The van der Waals surface area contributed by atoms with E-state index < -0.39 is 0 Å². The Balaban J connectivity index is 0.0000000972. The summed E-state index contributed by atoms with van der Waals surface area (Å²) in [5.41, 5.74) is 24.3. The van der Waals surface area contributed by atoms with Gasteiger partial charge in [-0.25, -0.2) is 9.97 Å². The van der Waals surface area contributed by atoms with Crippen LogP contribution in [-0.2, 0) is 0 Å². The highest BCUT2D eigenvalue weighted by molar-refractivity contribution is 6.12. The number of benzene rings is 8. The third-order valence-corrected chi connectivity index (χ3v) is 17.7. The van der Waals surface area contributed by atoms with Crippen LogP contribution in [0.3, 0.4) is 0 Å². The van der Waals surface area contributed by atoms with Crippen LogP contribution in [0.4, 0.5) is 0 Å². The Morgan fingerprint density at radius 1 is 0.210 bits per heavy atom. The number of aryl methyl sites for hydroxylation is 5. The molecule has 12 aromatic heterocycles. The van der Waals surface area contributed by atoms with Crippen molar-refractivity contribution in [3.63, 3.8) is 0 Å². The van der Waals surface area contributed by atoms with Gasteiger partial charge in [0, 0.05) is 125 Å². The Bertz CT molecular complexity index is 5790. The van der Waals surface area contributed by atoms with Gasteiger partial charge in [0.05, 0.1) is 17.1 Å². The van der Waals surface area contributed by atoms with Crippen LogP contribution in [0.5, 0.6) is 0 Å². The fourth-order valence-corrected chi connectivity index (χ4v) is 12.9. The van der Waals surface area contributed by atoms with Gasteiger partial charge in [0.25, 0.3) is 0 Å². The first-order valence-corrected chi connectivity index (χ1v) is 33.0. The van der Waals surface area contributed by atoms with Crippen LogP contribution in [0.25, 0.3) is 166 Å². The van der Waals surface area contributed by atoms with Crippen molar-refractivity contribution in [3.8, 4) is 56.3 Å². The first kappa shape index (κ1) is 61.7. The lowest BCUT2D eigenvalue weighted by Gasteiger charge is -2.02. The van der Waals surface area contributed by atoms with Crippen LogP contribution in [0.2, 0.25) is 0 Å². The predicted molar refractivity (Wildman–Crippen MR) is 404 cm³/mol. The maximum absolute atomic E-state index is 6.04. The van der Waals surface area contributed by atoms with Gasteiger partial charge < -0.3 is 22.1 Å². The van der Waals surface area contributed by atoms with Crippen molar-refractivity contribution in [3.05, 3.63) is 320 Å². The van der Waals surface area contributed by atoms with Crippen molar-refractivity contribution in [1.29, 1.82) is 0 Å².